The Kier molecular flexibility index (Phi) is 9.97. The van der Waals surface area contributed by atoms with Crippen LogP contribution in [-0.2, 0) is 4.79 Å². The second-order valence-corrected chi connectivity index (χ2v) is 6.87. The van der Waals surface area contributed by atoms with Crippen molar-refractivity contribution in [2.45, 2.75) is 77.6 Å². The minimum Gasteiger partial charge on any atom is -0.480 e. The molecule has 2 unspecified atom stereocenters. The minimum atomic E-state index is -0.974. The van der Waals surface area contributed by atoms with Crippen molar-refractivity contribution in [3.05, 3.63) is 0 Å². The molecule has 129 valence electrons. The van der Waals surface area contributed by atoms with Gasteiger partial charge in [-0.05, 0) is 50.0 Å². The van der Waals surface area contributed by atoms with E-state index in [9.17, 15) is 9.90 Å². The molecule has 6 heteroatoms. The van der Waals surface area contributed by atoms with Crippen molar-refractivity contribution in [2.75, 3.05) is 6.54 Å². The van der Waals surface area contributed by atoms with Crippen LogP contribution in [0.2, 0.25) is 6.32 Å². The van der Waals surface area contributed by atoms with Gasteiger partial charge in [-0.15, -0.1) is 0 Å². The van der Waals surface area contributed by atoms with Crippen LogP contribution in [0.25, 0.3) is 0 Å². The first-order valence-electron chi connectivity index (χ1n) is 8.46. The van der Waals surface area contributed by atoms with E-state index in [4.69, 9.17) is 16.5 Å². The molecule has 1 rings (SSSR count). The van der Waals surface area contributed by atoms with Gasteiger partial charge in [-0.25, -0.2) is 0 Å². The SMILES string of the molecule is CCCCC1(C(C)C)CCC(N)(C(=O)O)C1.NCCC[B]O. The van der Waals surface area contributed by atoms with Crippen LogP contribution in [-0.4, -0.2) is 35.7 Å². The molecule has 1 fully saturated rings. The molecule has 1 radical (unpaired) electrons. The van der Waals surface area contributed by atoms with E-state index >= 15 is 0 Å². The molecule has 0 aromatic carbocycles. The molecule has 2 atom stereocenters. The van der Waals surface area contributed by atoms with Gasteiger partial charge in [0.25, 0.3) is 7.48 Å². The first-order chi connectivity index (χ1) is 10.3. The molecule has 0 saturated heterocycles. The number of rotatable bonds is 8. The van der Waals surface area contributed by atoms with Crippen molar-refractivity contribution in [1.82, 2.24) is 0 Å². The summed E-state index contributed by atoms with van der Waals surface area (Å²) in [6.45, 7) is 7.24. The van der Waals surface area contributed by atoms with Gasteiger partial charge in [-0.1, -0.05) is 39.9 Å². The molecular weight excluding hydrogens is 279 g/mol. The van der Waals surface area contributed by atoms with Crippen molar-refractivity contribution < 1.29 is 14.9 Å². The highest BCUT2D eigenvalue weighted by Crippen LogP contribution is 2.51. The summed E-state index contributed by atoms with van der Waals surface area (Å²) in [5.41, 5.74) is 10.3. The molecule has 22 heavy (non-hydrogen) atoms. The van der Waals surface area contributed by atoms with E-state index in [1.165, 1.54) is 12.8 Å². The summed E-state index contributed by atoms with van der Waals surface area (Å²) < 4.78 is 0. The average Bonchev–Trinajstić information content (AvgIpc) is 2.84. The van der Waals surface area contributed by atoms with Crippen LogP contribution in [0.5, 0.6) is 0 Å². The highest BCUT2D eigenvalue weighted by Gasteiger charge is 2.51. The number of carboxylic acids is 1. The summed E-state index contributed by atoms with van der Waals surface area (Å²) in [6, 6.07) is 0. The van der Waals surface area contributed by atoms with E-state index in [-0.39, 0.29) is 5.41 Å². The van der Waals surface area contributed by atoms with Crippen LogP contribution in [0.4, 0.5) is 0 Å². The van der Waals surface area contributed by atoms with Crippen LogP contribution in [0.1, 0.15) is 65.7 Å². The number of carbonyl (C=O) groups is 1. The Morgan fingerprint density at radius 3 is 2.27 bits per heavy atom. The fourth-order valence-corrected chi connectivity index (χ4v) is 3.19. The summed E-state index contributed by atoms with van der Waals surface area (Å²) in [5.74, 6) is -0.310. The Labute approximate surface area is 136 Å². The van der Waals surface area contributed by atoms with Gasteiger partial charge in [0.05, 0.1) is 0 Å². The normalized spacial score (nSPS) is 27.4. The van der Waals surface area contributed by atoms with Crippen molar-refractivity contribution in [2.24, 2.45) is 22.8 Å². The lowest BCUT2D eigenvalue weighted by Crippen LogP contribution is -2.46. The maximum atomic E-state index is 11.2. The third-order valence-corrected chi connectivity index (χ3v) is 4.95. The molecule has 0 amide bonds. The number of aliphatic carboxylic acids is 1. The number of hydrogen-bond acceptors (Lipinski definition) is 4. The lowest BCUT2D eigenvalue weighted by molar-refractivity contribution is -0.143. The maximum Gasteiger partial charge on any atom is 0.323 e. The molecule has 0 aliphatic heterocycles. The molecule has 1 saturated carbocycles. The molecule has 0 aromatic heterocycles. The van der Waals surface area contributed by atoms with Crippen molar-refractivity contribution >= 4 is 13.5 Å². The van der Waals surface area contributed by atoms with E-state index < -0.39 is 11.5 Å². The molecular formula is C16H34BN2O3. The predicted octanol–water partition coefficient (Wildman–Crippen LogP) is 2.15. The topological polar surface area (TPSA) is 110 Å². The van der Waals surface area contributed by atoms with Gasteiger partial charge < -0.3 is 21.6 Å². The smallest absolute Gasteiger partial charge is 0.323 e. The number of hydrogen-bond donors (Lipinski definition) is 4. The van der Waals surface area contributed by atoms with E-state index in [0.717, 1.165) is 33.1 Å². The molecule has 0 spiro atoms. The second kappa shape index (κ2) is 10.2. The van der Waals surface area contributed by atoms with E-state index in [1.54, 1.807) is 0 Å². The van der Waals surface area contributed by atoms with Crippen LogP contribution >= 0.6 is 0 Å². The summed E-state index contributed by atoms with van der Waals surface area (Å²) in [7, 11) is 1.13. The van der Waals surface area contributed by atoms with Gasteiger partial charge >= 0.3 is 5.97 Å². The van der Waals surface area contributed by atoms with Gasteiger partial charge in [0.2, 0.25) is 0 Å². The number of nitrogens with two attached hydrogens (primary N) is 2. The molecule has 0 heterocycles. The fraction of sp³-hybridized carbons (Fsp3) is 0.938. The Balaban J connectivity index is 0.000000626. The van der Waals surface area contributed by atoms with Crippen molar-refractivity contribution in [3.63, 3.8) is 0 Å². The fourth-order valence-electron chi connectivity index (χ4n) is 3.19. The Hall–Kier alpha value is -0.585. The molecule has 0 aromatic rings. The van der Waals surface area contributed by atoms with Gasteiger partial charge in [0.1, 0.15) is 5.54 Å². The number of carboxylic acid groups (broad SMARTS) is 1. The summed E-state index contributed by atoms with van der Waals surface area (Å²) in [4.78, 5) is 11.2. The largest absolute Gasteiger partial charge is 0.480 e. The molecule has 1 aliphatic rings. The van der Waals surface area contributed by atoms with Crippen LogP contribution in [0.15, 0.2) is 0 Å². The van der Waals surface area contributed by atoms with Gasteiger partial charge in [-0.2, -0.15) is 0 Å². The van der Waals surface area contributed by atoms with E-state index in [2.05, 4.69) is 20.8 Å². The highest BCUT2D eigenvalue weighted by molar-refractivity contribution is 6.25. The molecule has 5 nitrogen and oxygen atoms in total. The summed E-state index contributed by atoms with van der Waals surface area (Å²) in [6.07, 6.45) is 7.30. The summed E-state index contributed by atoms with van der Waals surface area (Å²) in [5, 5.41) is 17.2. The van der Waals surface area contributed by atoms with Crippen LogP contribution in [0, 0.1) is 11.3 Å². The molecule has 1 aliphatic carbocycles. The lowest BCUT2D eigenvalue weighted by atomic mass is 9.71. The minimum absolute atomic E-state index is 0.156. The standard InChI is InChI=1S/C13H25NO2.C3H9BNO/c1-4-5-6-12(10(2)3)7-8-13(14,9-12)11(15)16;5-3-1-2-4-6/h10H,4-9,14H2,1-3H3,(H,15,16);6H,1-3,5H2. The zero-order chi connectivity index (χ0) is 17.2. The monoisotopic (exact) mass is 313 g/mol. The Morgan fingerprint density at radius 1 is 1.32 bits per heavy atom. The van der Waals surface area contributed by atoms with Crippen molar-refractivity contribution in [3.8, 4) is 0 Å². The molecule has 0 bridgehead atoms. The third kappa shape index (κ3) is 6.27. The second-order valence-electron chi connectivity index (χ2n) is 6.87. The Morgan fingerprint density at radius 2 is 1.95 bits per heavy atom. The zero-order valence-electron chi connectivity index (χ0n) is 14.5. The first-order valence-corrected chi connectivity index (χ1v) is 8.46. The summed E-state index contributed by atoms with van der Waals surface area (Å²) >= 11 is 0. The third-order valence-electron chi connectivity index (χ3n) is 4.95. The first kappa shape index (κ1) is 21.4. The van der Waals surface area contributed by atoms with E-state index in [1.807, 2.05) is 0 Å². The van der Waals surface area contributed by atoms with Crippen LogP contribution in [0.3, 0.4) is 0 Å². The Bertz CT molecular complexity index is 325. The van der Waals surface area contributed by atoms with E-state index in [0.29, 0.717) is 25.3 Å². The van der Waals surface area contributed by atoms with Crippen molar-refractivity contribution in [1.29, 1.82) is 0 Å². The average molecular weight is 313 g/mol. The predicted molar refractivity (Wildman–Crippen MR) is 91.7 cm³/mol. The zero-order valence-corrected chi connectivity index (χ0v) is 14.5. The number of unbranched alkanes of at least 4 members (excludes halogenated alkanes) is 1. The van der Waals surface area contributed by atoms with Gasteiger partial charge in [0.15, 0.2) is 0 Å². The quantitative estimate of drug-likeness (QED) is 0.405. The van der Waals surface area contributed by atoms with Crippen LogP contribution < -0.4 is 11.5 Å². The van der Waals surface area contributed by atoms with Gasteiger partial charge in [0, 0.05) is 0 Å². The highest BCUT2D eigenvalue weighted by atomic mass is 16.4. The van der Waals surface area contributed by atoms with Gasteiger partial charge in [-0.3, -0.25) is 4.79 Å². The lowest BCUT2D eigenvalue weighted by Gasteiger charge is -2.35. The maximum absolute atomic E-state index is 11.2. The molecule has 6 N–H and O–H groups in total.